The Labute approximate surface area is 139 Å². The molecule has 1 aliphatic rings. The van der Waals surface area contributed by atoms with Gasteiger partial charge in [-0.25, -0.2) is 8.42 Å². The Balaban J connectivity index is 2.02. The van der Waals surface area contributed by atoms with Crippen LogP contribution in [0.25, 0.3) is 0 Å². The molecule has 1 atom stereocenters. The third-order valence-electron chi connectivity index (χ3n) is 4.02. The summed E-state index contributed by atoms with van der Waals surface area (Å²) in [6.07, 6.45) is -0.129. The maximum atomic E-state index is 12.9. The molecule has 0 amide bonds. The predicted molar refractivity (Wildman–Crippen MR) is 87.1 cm³/mol. The molecular formula is C17H14N2O4S. The molecule has 1 aliphatic heterocycles. The monoisotopic (exact) mass is 342 g/mol. The smallest absolute Gasteiger partial charge is 0.304 e. The summed E-state index contributed by atoms with van der Waals surface area (Å²) in [5, 5.41) is 17.9. The van der Waals surface area contributed by atoms with Crippen LogP contribution in [0.2, 0.25) is 0 Å². The van der Waals surface area contributed by atoms with Crippen LogP contribution in [0.1, 0.15) is 23.5 Å². The Morgan fingerprint density at radius 2 is 1.88 bits per heavy atom. The Morgan fingerprint density at radius 3 is 2.50 bits per heavy atom. The van der Waals surface area contributed by atoms with Gasteiger partial charge >= 0.3 is 5.97 Å². The number of hydrogen-bond acceptors (Lipinski definition) is 4. The van der Waals surface area contributed by atoms with Crippen LogP contribution in [0.4, 0.5) is 5.69 Å². The van der Waals surface area contributed by atoms with Crippen LogP contribution in [0, 0.1) is 11.3 Å². The number of sulfonamides is 1. The first-order valence-corrected chi connectivity index (χ1v) is 8.71. The molecule has 122 valence electrons. The second kappa shape index (κ2) is 5.98. The number of para-hydroxylation sites is 1. The fourth-order valence-corrected chi connectivity index (χ4v) is 4.43. The van der Waals surface area contributed by atoms with Crippen LogP contribution in [0.5, 0.6) is 0 Å². The minimum Gasteiger partial charge on any atom is -0.481 e. The van der Waals surface area contributed by atoms with E-state index in [9.17, 15) is 13.2 Å². The molecule has 7 heteroatoms. The maximum Gasteiger partial charge on any atom is 0.304 e. The van der Waals surface area contributed by atoms with Crippen LogP contribution in [0.15, 0.2) is 53.4 Å². The number of rotatable bonds is 4. The van der Waals surface area contributed by atoms with E-state index < -0.39 is 16.0 Å². The minimum atomic E-state index is -3.81. The fraction of sp³-hybridized carbons (Fsp3) is 0.176. The van der Waals surface area contributed by atoms with Gasteiger partial charge in [0.1, 0.15) is 0 Å². The molecule has 1 heterocycles. The number of aliphatic carboxylic acids is 1. The quantitative estimate of drug-likeness (QED) is 0.919. The lowest BCUT2D eigenvalue weighted by molar-refractivity contribution is -0.137. The highest BCUT2D eigenvalue weighted by Crippen LogP contribution is 2.40. The number of carbonyl (C=O) groups is 1. The van der Waals surface area contributed by atoms with Crippen LogP contribution in [0.3, 0.4) is 0 Å². The summed E-state index contributed by atoms with van der Waals surface area (Å²) < 4.78 is 27.1. The minimum absolute atomic E-state index is 0.0762. The maximum absolute atomic E-state index is 12.9. The van der Waals surface area contributed by atoms with E-state index in [1.807, 2.05) is 6.07 Å². The number of hydrogen-bond donors (Lipinski definition) is 1. The fourth-order valence-electron chi connectivity index (χ4n) is 2.90. The van der Waals surface area contributed by atoms with Crippen molar-refractivity contribution in [2.75, 3.05) is 10.8 Å². The van der Waals surface area contributed by atoms with Crippen molar-refractivity contribution >= 4 is 21.7 Å². The summed E-state index contributed by atoms with van der Waals surface area (Å²) in [4.78, 5) is 11.1. The van der Waals surface area contributed by atoms with Crippen molar-refractivity contribution in [1.29, 1.82) is 5.26 Å². The molecule has 3 rings (SSSR count). The molecule has 24 heavy (non-hydrogen) atoms. The van der Waals surface area contributed by atoms with Crippen LogP contribution < -0.4 is 4.31 Å². The van der Waals surface area contributed by atoms with Gasteiger partial charge in [0.25, 0.3) is 10.0 Å². The van der Waals surface area contributed by atoms with E-state index in [1.165, 1.54) is 28.6 Å². The van der Waals surface area contributed by atoms with Gasteiger partial charge in [-0.2, -0.15) is 5.26 Å². The summed E-state index contributed by atoms with van der Waals surface area (Å²) in [5.41, 5.74) is 1.60. The van der Waals surface area contributed by atoms with E-state index in [0.29, 0.717) is 11.3 Å². The standard InChI is InChI=1S/C17H14N2O4S/c18-10-12-5-7-14(8-6-12)24(22,23)19-11-13(9-17(20)21)15-3-1-2-4-16(15)19/h1-8,13H,9,11H2,(H,20,21)/t13-/m0/s1. The van der Waals surface area contributed by atoms with Gasteiger partial charge < -0.3 is 5.11 Å². The normalized spacial score (nSPS) is 16.5. The number of nitrogens with zero attached hydrogens (tertiary/aromatic N) is 2. The predicted octanol–water partition coefficient (Wildman–Crippen LogP) is 2.33. The van der Waals surface area contributed by atoms with Crippen LogP contribution >= 0.6 is 0 Å². The van der Waals surface area contributed by atoms with Crippen molar-refractivity contribution < 1.29 is 18.3 Å². The van der Waals surface area contributed by atoms with Crippen LogP contribution in [-0.2, 0) is 14.8 Å². The zero-order chi connectivity index (χ0) is 17.3. The van der Waals surface area contributed by atoms with Crippen molar-refractivity contribution in [2.45, 2.75) is 17.2 Å². The van der Waals surface area contributed by atoms with E-state index in [1.54, 1.807) is 24.3 Å². The van der Waals surface area contributed by atoms with Crippen molar-refractivity contribution in [2.24, 2.45) is 0 Å². The Kier molecular flexibility index (Phi) is 3.99. The molecule has 0 saturated heterocycles. The summed E-state index contributed by atoms with van der Waals surface area (Å²) >= 11 is 0. The number of nitriles is 1. The highest BCUT2D eigenvalue weighted by molar-refractivity contribution is 7.92. The van der Waals surface area contributed by atoms with Gasteiger partial charge in [-0.15, -0.1) is 0 Å². The van der Waals surface area contributed by atoms with Gasteiger partial charge in [-0.3, -0.25) is 9.10 Å². The zero-order valence-electron chi connectivity index (χ0n) is 12.6. The second-order valence-corrected chi connectivity index (χ2v) is 7.39. The Hall–Kier alpha value is -2.85. The van der Waals surface area contributed by atoms with Crippen molar-refractivity contribution in [3.63, 3.8) is 0 Å². The number of carboxylic acids is 1. The lowest BCUT2D eigenvalue weighted by atomic mass is 9.98. The van der Waals surface area contributed by atoms with E-state index >= 15 is 0 Å². The average molecular weight is 342 g/mol. The van der Waals surface area contributed by atoms with E-state index in [-0.39, 0.29) is 23.8 Å². The highest BCUT2D eigenvalue weighted by atomic mass is 32.2. The zero-order valence-corrected chi connectivity index (χ0v) is 13.4. The summed E-state index contributed by atoms with van der Waals surface area (Å²) in [5.74, 6) is -1.35. The van der Waals surface area contributed by atoms with Gasteiger partial charge in [0.2, 0.25) is 0 Å². The molecule has 0 unspecified atom stereocenters. The Bertz CT molecular complexity index is 930. The molecule has 0 radical (unpaired) electrons. The van der Waals surface area contributed by atoms with Gasteiger partial charge in [-0.05, 0) is 35.9 Å². The van der Waals surface area contributed by atoms with Gasteiger partial charge in [0.05, 0.1) is 28.6 Å². The number of fused-ring (bicyclic) bond motifs is 1. The average Bonchev–Trinajstić information content (AvgIpc) is 2.94. The molecule has 1 N–H and O–H groups in total. The first-order chi connectivity index (χ1) is 11.4. The molecule has 2 aromatic rings. The van der Waals surface area contributed by atoms with Gasteiger partial charge in [0.15, 0.2) is 0 Å². The molecule has 0 saturated carbocycles. The SMILES string of the molecule is N#Cc1ccc(S(=O)(=O)N2C[C@H](CC(=O)O)c3ccccc32)cc1. The summed E-state index contributed by atoms with van der Waals surface area (Å²) in [7, 11) is -3.81. The van der Waals surface area contributed by atoms with E-state index in [2.05, 4.69) is 0 Å². The van der Waals surface area contributed by atoms with Crippen molar-refractivity contribution in [3.05, 3.63) is 59.7 Å². The molecule has 0 bridgehead atoms. The largest absolute Gasteiger partial charge is 0.481 e. The molecule has 0 fully saturated rings. The molecule has 2 aromatic carbocycles. The third-order valence-corrected chi connectivity index (χ3v) is 5.82. The highest BCUT2D eigenvalue weighted by Gasteiger charge is 2.37. The summed E-state index contributed by atoms with van der Waals surface area (Å²) in [6, 6.07) is 14.6. The van der Waals surface area contributed by atoms with Gasteiger partial charge in [0, 0.05) is 12.5 Å². The lowest BCUT2D eigenvalue weighted by Gasteiger charge is -2.20. The first-order valence-electron chi connectivity index (χ1n) is 7.27. The Morgan fingerprint density at radius 1 is 1.21 bits per heavy atom. The summed E-state index contributed by atoms with van der Waals surface area (Å²) in [6.45, 7) is 0.0913. The first kappa shape index (κ1) is 16.0. The molecular weight excluding hydrogens is 328 g/mol. The van der Waals surface area contributed by atoms with E-state index in [0.717, 1.165) is 5.56 Å². The number of anilines is 1. The lowest BCUT2D eigenvalue weighted by Crippen LogP contribution is -2.30. The second-order valence-electron chi connectivity index (χ2n) is 5.53. The van der Waals surface area contributed by atoms with Crippen molar-refractivity contribution in [3.8, 4) is 6.07 Å². The molecule has 0 aromatic heterocycles. The van der Waals surface area contributed by atoms with E-state index in [4.69, 9.17) is 10.4 Å². The molecule has 0 aliphatic carbocycles. The molecule has 0 spiro atoms. The van der Waals surface area contributed by atoms with Crippen molar-refractivity contribution in [1.82, 2.24) is 0 Å². The number of carboxylic acid groups (broad SMARTS) is 1. The topological polar surface area (TPSA) is 98.5 Å². The van der Waals surface area contributed by atoms with Crippen LogP contribution in [-0.4, -0.2) is 26.0 Å². The number of benzene rings is 2. The van der Waals surface area contributed by atoms with Gasteiger partial charge in [-0.1, -0.05) is 18.2 Å². The third kappa shape index (κ3) is 2.72. The molecule has 6 nitrogen and oxygen atoms in total.